The number of rotatable bonds is 1. The van der Waals surface area contributed by atoms with E-state index in [1.807, 2.05) is 33.2 Å². The molecule has 74 valence electrons. The maximum Gasteiger partial charge on any atom is 0.276 e. The highest BCUT2D eigenvalue weighted by atomic mass is 16.1. The van der Waals surface area contributed by atoms with Crippen molar-refractivity contribution in [2.24, 2.45) is 7.05 Å². The highest BCUT2D eigenvalue weighted by Gasteiger charge is 2.09. The Bertz CT molecular complexity index is 522. The highest BCUT2D eigenvalue weighted by molar-refractivity contribution is 5.36. The summed E-state index contributed by atoms with van der Waals surface area (Å²) < 4.78 is 3.33. The van der Waals surface area contributed by atoms with Gasteiger partial charge in [-0.15, -0.1) is 0 Å². The SMILES string of the molecule is CC(C)c1cnc2ccn(C)n2c1=O. The first-order valence-electron chi connectivity index (χ1n) is 4.64. The van der Waals surface area contributed by atoms with Crippen molar-refractivity contribution in [3.8, 4) is 0 Å². The molecule has 0 saturated heterocycles. The average Bonchev–Trinajstić information content (AvgIpc) is 2.48. The molecule has 4 heteroatoms. The second kappa shape index (κ2) is 2.97. The Balaban J connectivity index is 2.86. The summed E-state index contributed by atoms with van der Waals surface area (Å²) in [6, 6.07) is 1.82. The molecule has 0 unspecified atom stereocenters. The van der Waals surface area contributed by atoms with Crippen molar-refractivity contribution >= 4 is 5.65 Å². The lowest BCUT2D eigenvalue weighted by atomic mass is 10.1. The van der Waals surface area contributed by atoms with Crippen LogP contribution in [0.15, 0.2) is 23.3 Å². The summed E-state index contributed by atoms with van der Waals surface area (Å²) in [5.41, 5.74) is 1.48. The van der Waals surface area contributed by atoms with Crippen LogP contribution in [0.3, 0.4) is 0 Å². The number of aromatic nitrogens is 3. The van der Waals surface area contributed by atoms with E-state index in [0.717, 1.165) is 5.56 Å². The lowest BCUT2D eigenvalue weighted by Gasteiger charge is -2.05. The molecule has 0 atom stereocenters. The van der Waals surface area contributed by atoms with E-state index in [1.165, 1.54) is 0 Å². The maximum atomic E-state index is 12.0. The van der Waals surface area contributed by atoms with Crippen LogP contribution >= 0.6 is 0 Å². The van der Waals surface area contributed by atoms with Gasteiger partial charge in [0.15, 0.2) is 5.65 Å². The van der Waals surface area contributed by atoms with Gasteiger partial charge in [0.1, 0.15) is 0 Å². The number of hydrogen-bond donors (Lipinski definition) is 0. The molecule has 0 bridgehead atoms. The standard InChI is InChI=1S/C10H13N3O/c1-7(2)8-6-11-9-4-5-12(3)13(9)10(8)14/h4-7H,1-3H3. The number of fused-ring (bicyclic) bond motifs is 1. The van der Waals surface area contributed by atoms with Crippen LogP contribution in [-0.4, -0.2) is 14.2 Å². The Morgan fingerprint density at radius 3 is 2.79 bits per heavy atom. The topological polar surface area (TPSA) is 39.3 Å². The van der Waals surface area contributed by atoms with Gasteiger partial charge in [-0.1, -0.05) is 13.8 Å². The van der Waals surface area contributed by atoms with Crippen LogP contribution in [0.25, 0.3) is 5.65 Å². The Morgan fingerprint density at radius 1 is 1.43 bits per heavy atom. The lowest BCUT2D eigenvalue weighted by Crippen LogP contribution is -2.23. The fourth-order valence-corrected chi connectivity index (χ4v) is 1.53. The third kappa shape index (κ3) is 1.14. The van der Waals surface area contributed by atoms with Crippen molar-refractivity contribution in [1.29, 1.82) is 0 Å². The molecule has 2 rings (SSSR count). The van der Waals surface area contributed by atoms with Crippen molar-refractivity contribution in [1.82, 2.24) is 14.2 Å². The maximum absolute atomic E-state index is 12.0. The summed E-state index contributed by atoms with van der Waals surface area (Å²) in [7, 11) is 1.83. The van der Waals surface area contributed by atoms with Gasteiger partial charge in [-0.05, 0) is 5.92 Å². The van der Waals surface area contributed by atoms with Crippen molar-refractivity contribution in [3.05, 3.63) is 34.4 Å². The Hall–Kier alpha value is -1.58. The molecule has 0 fully saturated rings. The van der Waals surface area contributed by atoms with Crippen molar-refractivity contribution in [2.75, 3.05) is 0 Å². The zero-order valence-corrected chi connectivity index (χ0v) is 8.56. The normalized spacial score (nSPS) is 11.4. The second-order valence-electron chi connectivity index (χ2n) is 3.73. The van der Waals surface area contributed by atoms with Crippen molar-refractivity contribution in [2.45, 2.75) is 19.8 Å². The molecular formula is C10H13N3O. The van der Waals surface area contributed by atoms with Gasteiger partial charge in [0.05, 0.1) is 0 Å². The zero-order chi connectivity index (χ0) is 10.3. The minimum absolute atomic E-state index is 0.0255. The first-order valence-corrected chi connectivity index (χ1v) is 4.64. The largest absolute Gasteiger partial charge is 0.287 e. The third-order valence-corrected chi connectivity index (χ3v) is 2.37. The molecule has 2 heterocycles. The molecule has 0 saturated carbocycles. The minimum atomic E-state index is 0.0255. The predicted octanol–water partition coefficient (Wildman–Crippen LogP) is 1.16. The van der Waals surface area contributed by atoms with E-state index >= 15 is 0 Å². The predicted molar refractivity (Wildman–Crippen MR) is 54.5 cm³/mol. The molecule has 0 aliphatic rings. The smallest absolute Gasteiger partial charge is 0.276 e. The Labute approximate surface area is 81.8 Å². The van der Waals surface area contributed by atoms with Gasteiger partial charge >= 0.3 is 0 Å². The molecule has 0 radical (unpaired) electrons. The molecule has 0 aliphatic heterocycles. The number of hydrogen-bond acceptors (Lipinski definition) is 2. The Kier molecular flexibility index (Phi) is 1.91. The minimum Gasteiger partial charge on any atom is -0.287 e. The van der Waals surface area contributed by atoms with Crippen molar-refractivity contribution in [3.63, 3.8) is 0 Å². The number of aryl methyl sites for hydroxylation is 1. The molecule has 14 heavy (non-hydrogen) atoms. The molecule has 0 aliphatic carbocycles. The van der Waals surface area contributed by atoms with E-state index < -0.39 is 0 Å². The van der Waals surface area contributed by atoms with Gasteiger partial charge in [-0.2, -0.15) is 4.52 Å². The fourth-order valence-electron chi connectivity index (χ4n) is 1.53. The van der Waals surface area contributed by atoms with Gasteiger partial charge in [-0.25, -0.2) is 4.98 Å². The van der Waals surface area contributed by atoms with E-state index in [4.69, 9.17) is 0 Å². The highest BCUT2D eigenvalue weighted by Crippen LogP contribution is 2.08. The van der Waals surface area contributed by atoms with E-state index in [-0.39, 0.29) is 11.5 Å². The Morgan fingerprint density at radius 2 is 2.14 bits per heavy atom. The summed E-state index contributed by atoms with van der Waals surface area (Å²) in [5, 5.41) is 0. The van der Waals surface area contributed by atoms with Crippen LogP contribution in [0, 0.1) is 0 Å². The second-order valence-corrected chi connectivity index (χ2v) is 3.73. The summed E-state index contributed by atoms with van der Waals surface area (Å²) in [5.74, 6) is 0.210. The average molecular weight is 191 g/mol. The third-order valence-electron chi connectivity index (χ3n) is 2.37. The van der Waals surface area contributed by atoms with Gasteiger partial charge in [0.25, 0.3) is 5.56 Å². The van der Waals surface area contributed by atoms with E-state index in [0.29, 0.717) is 5.65 Å². The first kappa shape index (κ1) is 8.99. The molecule has 2 aromatic rings. The van der Waals surface area contributed by atoms with Crippen LogP contribution in [0.5, 0.6) is 0 Å². The monoisotopic (exact) mass is 191 g/mol. The van der Waals surface area contributed by atoms with Crippen LogP contribution in [0.1, 0.15) is 25.3 Å². The van der Waals surface area contributed by atoms with Gasteiger partial charge in [-0.3, -0.25) is 9.48 Å². The summed E-state index contributed by atoms with van der Waals surface area (Å²) in [4.78, 5) is 16.2. The van der Waals surface area contributed by atoms with Crippen LogP contribution in [-0.2, 0) is 7.05 Å². The molecule has 0 amide bonds. The zero-order valence-electron chi connectivity index (χ0n) is 8.56. The van der Waals surface area contributed by atoms with Crippen LogP contribution in [0.2, 0.25) is 0 Å². The van der Waals surface area contributed by atoms with E-state index in [9.17, 15) is 4.79 Å². The fraction of sp³-hybridized carbons (Fsp3) is 0.400. The summed E-state index contributed by atoms with van der Waals surface area (Å²) >= 11 is 0. The summed E-state index contributed by atoms with van der Waals surface area (Å²) in [6.07, 6.45) is 3.50. The number of nitrogens with zero attached hydrogens (tertiary/aromatic N) is 3. The molecular weight excluding hydrogens is 178 g/mol. The first-order chi connectivity index (χ1) is 6.61. The van der Waals surface area contributed by atoms with E-state index in [2.05, 4.69) is 4.98 Å². The van der Waals surface area contributed by atoms with E-state index in [1.54, 1.807) is 15.4 Å². The molecule has 4 nitrogen and oxygen atoms in total. The molecule has 2 aromatic heterocycles. The molecule has 0 spiro atoms. The lowest BCUT2D eigenvalue weighted by molar-refractivity contribution is 0.664. The van der Waals surface area contributed by atoms with Crippen LogP contribution in [0.4, 0.5) is 0 Å². The van der Waals surface area contributed by atoms with Crippen molar-refractivity contribution < 1.29 is 0 Å². The van der Waals surface area contributed by atoms with Gasteiger partial charge < -0.3 is 0 Å². The van der Waals surface area contributed by atoms with Crippen LogP contribution < -0.4 is 5.56 Å². The molecule has 0 aromatic carbocycles. The summed E-state index contributed by atoms with van der Waals surface area (Å²) in [6.45, 7) is 3.99. The molecule has 0 N–H and O–H groups in total. The van der Waals surface area contributed by atoms with Gasteiger partial charge in [0, 0.05) is 31.1 Å². The quantitative estimate of drug-likeness (QED) is 0.678. The van der Waals surface area contributed by atoms with Gasteiger partial charge in [0.2, 0.25) is 0 Å².